The summed E-state index contributed by atoms with van der Waals surface area (Å²) in [5.41, 5.74) is 27.9. The van der Waals surface area contributed by atoms with Crippen molar-refractivity contribution in [3.8, 4) is 46.0 Å². The average Bonchev–Trinajstić information content (AvgIpc) is 0.701. The summed E-state index contributed by atoms with van der Waals surface area (Å²) >= 11 is 0. The van der Waals surface area contributed by atoms with E-state index in [0.29, 0.717) is 76.4 Å². The molecule has 24 heteroatoms. The van der Waals surface area contributed by atoms with Crippen molar-refractivity contribution >= 4 is 23.9 Å². The molecule has 0 saturated carbocycles. The SMILES string of the molecule is [2H]C([2H])([2H])Oc1cc2c(cc1OC)C1([2H])CC([2H])(OC(=O)[C@@H](N)C(C)C)C(C([2H])([2H])C([2H])(C)C([2H])([2H])[2H])CN1CC2.[2H]C1(OC(=O)[C@@H](N)C(C)C)CC2([2H])c3cc(OC)c(OC)cc3CCN2CC1C([2H])([2H])C([2H])(C)C([2H])([2H])[2H].[2H]c1c2c(c([2H])c(OC)c1OC([2H])([2H])[2H])C1CC(OC(=O)[C@@H](N)C(C)C)C(C([2H])([2H])C([2H])(C)C([2H])([2H])[2H])CN1CC2.[2H]c1c2c(c([2H])c(OC)c1OC)C1CC(OC(=O)[C@@H](N)C(C)C)C(C([2H])([2H])C([2H])(C)C([2H])([2H])[2H])CN1CC2. The van der Waals surface area contributed by atoms with Crippen molar-refractivity contribution in [2.45, 2.75) is 260 Å². The summed E-state index contributed by atoms with van der Waals surface area (Å²) < 4.78 is 382. The van der Waals surface area contributed by atoms with Gasteiger partial charge in [0, 0.05) is 159 Å². The number of rotatable bonds is 28. The number of nitrogens with two attached hydrogens (primary N) is 4. The molecule has 4 aromatic rings. The van der Waals surface area contributed by atoms with Gasteiger partial charge in [-0.2, -0.15) is 0 Å². The van der Waals surface area contributed by atoms with Crippen LogP contribution in [0.4, 0.5) is 0 Å². The van der Waals surface area contributed by atoms with Crippen LogP contribution >= 0.6 is 0 Å². The van der Waals surface area contributed by atoms with E-state index in [4.69, 9.17) is 126 Å². The van der Waals surface area contributed by atoms with E-state index in [9.17, 15) is 24.7 Å². The number of hydrogen-bond donors (Lipinski definition) is 4. The first-order valence-corrected chi connectivity index (χ1v) is 40.8. The molecule has 4 fully saturated rings. The number of benzene rings is 4. The standard InChI is InChI=1S/4C24H38N2O4/c4*1-14(2)9-17-13-26-8-7-16-10-21(28-5)22(29-6)11-18(16)19(26)12-20(17)30-24(27)23(25)15(3)4/h4*10-11,14-15,17,19-20,23H,7-9,12-13,25H2,1-6H3/t4*17?,19?,20?,23-/m0000/s1/i1D3,5D3,9D2,14D,19D,20D;1D3,5D3,9D2,10D,11D,14D;1D3,9D2,14D,19D,20D;1D3,9D2,10D,11D,14D/t4*14?,17?,19?,20?,23-. The summed E-state index contributed by atoms with van der Waals surface area (Å²) in [5.74, 6) is -20.4. The molecule has 672 valence electrons. The Bertz CT molecular complexity index is 5810. The van der Waals surface area contributed by atoms with E-state index in [-0.39, 0.29) is 141 Å². The van der Waals surface area contributed by atoms with Gasteiger partial charge in [-0.05, 0) is 191 Å². The Balaban J connectivity index is 0.000000233. The van der Waals surface area contributed by atoms with E-state index in [2.05, 4.69) is 0 Å². The molecule has 4 saturated heterocycles. The molecule has 0 amide bonds. The predicted molar refractivity (Wildman–Crippen MR) is 471 cm³/mol. The largest absolute Gasteiger partial charge is 0.493 e. The highest BCUT2D eigenvalue weighted by Crippen LogP contribution is 2.50. The van der Waals surface area contributed by atoms with E-state index < -0.39 is 230 Å². The molecule has 0 aromatic heterocycles. The summed E-state index contributed by atoms with van der Waals surface area (Å²) in [6.07, 6.45) is -18.0. The second-order valence-corrected chi connectivity index (χ2v) is 32.8. The van der Waals surface area contributed by atoms with E-state index in [1.165, 1.54) is 54.8 Å². The van der Waals surface area contributed by atoms with E-state index in [0.717, 1.165) is 33.3 Å². The van der Waals surface area contributed by atoms with Gasteiger partial charge in [-0.1, -0.05) is 110 Å². The molecule has 4 aromatic carbocycles. The first kappa shape index (κ1) is 55.9. The highest BCUT2D eigenvalue weighted by Gasteiger charge is 2.47. The predicted octanol–water partition coefficient (Wildman–Crippen LogP) is 14.3. The molecule has 24 nitrogen and oxygen atoms in total. The van der Waals surface area contributed by atoms with Crippen molar-refractivity contribution in [3.63, 3.8) is 0 Å². The maximum Gasteiger partial charge on any atom is 0.323 e. The van der Waals surface area contributed by atoms with Crippen LogP contribution in [0.3, 0.4) is 0 Å². The molecule has 20 atom stereocenters. The maximum atomic E-state index is 13.1. The van der Waals surface area contributed by atoms with Crippen molar-refractivity contribution < 1.29 is 128 Å². The Hall–Kier alpha value is -7.16. The molecule has 8 aliphatic rings. The molecule has 12 rings (SSSR count). The van der Waals surface area contributed by atoms with Crippen molar-refractivity contribution in [1.82, 2.24) is 19.6 Å². The molecule has 8 aliphatic heterocycles. The van der Waals surface area contributed by atoms with E-state index in [1.54, 1.807) is 77.3 Å². The molecular formula is C96H152N8O16. The minimum atomic E-state index is -3.09. The van der Waals surface area contributed by atoms with Gasteiger partial charge in [0.05, 0.1) is 75.9 Å². The van der Waals surface area contributed by atoms with E-state index >= 15 is 0 Å². The molecule has 120 heavy (non-hydrogen) atoms. The van der Waals surface area contributed by atoms with Crippen LogP contribution in [0, 0.1) is 70.9 Å². The topological polar surface area (TPSA) is 296 Å². The highest BCUT2D eigenvalue weighted by molar-refractivity contribution is 5.77. The molecule has 16 unspecified atom stereocenters. The van der Waals surface area contributed by atoms with Gasteiger partial charge in [0.15, 0.2) is 46.0 Å². The summed E-state index contributed by atoms with van der Waals surface area (Å²) in [6.45, 7) is 5.81. The molecule has 8 N–H and O–H groups in total. The van der Waals surface area contributed by atoms with Gasteiger partial charge in [0.2, 0.25) is 0 Å². The van der Waals surface area contributed by atoms with Gasteiger partial charge in [-0.3, -0.25) is 38.8 Å². The number of hydrogen-bond acceptors (Lipinski definition) is 24. The van der Waals surface area contributed by atoms with Gasteiger partial charge in [-0.25, -0.2) is 0 Å². The van der Waals surface area contributed by atoms with Crippen molar-refractivity contribution in [1.29, 1.82) is 0 Å². The number of carbonyl (C=O) groups excluding carboxylic acids is 4. The van der Waals surface area contributed by atoms with Crippen LogP contribution in [-0.4, -0.2) is 201 Å². The minimum absolute atomic E-state index is 0.0151. The van der Waals surface area contributed by atoms with Crippen LogP contribution in [0.5, 0.6) is 46.0 Å². The Morgan fingerprint density at radius 2 is 0.667 bits per heavy atom. The number of piperidine rings is 4. The lowest BCUT2D eigenvalue weighted by Crippen LogP contribution is -2.51. The number of carbonyl (C=O) groups is 4. The van der Waals surface area contributed by atoms with E-state index in [1.807, 2.05) is 9.80 Å². The van der Waals surface area contributed by atoms with Crippen LogP contribution in [0.25, 0.3) is 0 Å². The quantitative estimate of drug-likeness (QED) is 0.0303. The monoisotopic (exact) mass is 1710 g/mol. The lowest BCUT2D eigenvalue weighted by Gasteiger charge is -2.47. The minimum Gasteiger partial charge on any atom is -0.493 e. The van der Waals surface area contributed by atoms with Crippen LogP contribution in [0.15, 0.2) is 48.4 Å². The van der Waals surface area contributed by atoms with Crippen LogP contribution in [0.2, 0.25) is 0 Å². The Morgan fingerprint density at radius 3 is 1.00 bits per heavy atom. The third-order valence-corrected chi connectivity index (χ3v) is 22.9. The first-order chi connectivity index (χ1) is 71.7. The molecule has 0 radical (unpaired) electrons. The Kier molecular flexibility index (Phi) is 20.5. The molecule has 8 heterocycles. The molecular weight excluding hydrogens is 1520 g/mol. The second kappa shape index (κ2) is 43.9. The van der Waals surface area contributed by atoms with Crippen molar-refractivity contribution in [2.24, 2.45) is 93.9 Å². The number of fused-ring (bicyclic) bond motifs is 12. The van der Waals surface area contributed by atoms with Gasteiger partial charge in [-0.15, -0.1) is 0 Å². The molecule has 0 spiro atoms. The normalized spacial score (nSPS) is 35.0. The average molecular weight is 1710 g/mol. The number of esters is 4. The highest BCUT2D eigenvalue weighted by atomic mass is 16.6. The fraction of sp³-hybridized carbons (Fsp3) is 0.708. The van der Waals surface area contributed by atoms with Crippen molar-refractivity contribution in [3.05, 3.63) is 92.9 Å². The number of ether oxygens (including phenoxy) is 12. The van der Waals surface area contributed by atoms with Gasteiger partial charge in [0.25, 0.3) is 0 Å². The zero-order chi connectivity index (χ0) is 121. The fourth-order valence-corrected chi connectivity index (χ4v) is 16.1. The van der Waals surface area contributed by atoms with Crippen LogP contribution in [-0.2, 0) is 63.8 Å². The summed E-state index contributed by atoms with van der Waals surface area (Å²) in [4.78, 5) is 58.9. The van der Waals surface area contributed by atoms with Gasteiger partial charge in [0.1, 0.15) is 48.5 Å². The first-order valence-electron chi connectivity index (χ1n) is 59.8. The molecule has 0 bridgehead atoms. The smallest absolute Gasteiger partial charge is 0.323 e. The second-order valence-electron chi connectivity index (χ2n) is 32.8. The fourth-order valence-electron chi connectivity index (χ4n) is 16.1. The zero-order valence-corrected chi connectivity index (χ0v) is 72.5. The maximum absolute atomic E-state index is 13.1. The summed E-state index contributed by atoms with van der Waals surface area (Å²) in [5, 5.41) is 0. The Labute approximate surface area is 772 Å². The number of methoxy groups -OCH3 is 8. The van der Waals surface area contributed by atoms with Crippen LogP contribution < -0.4 is 60.8 Å². The summed E-state index contributed by atoms with van der Waals surface area (Å²) in [6, 6.07) is -3.01. The third-order valence-electron chi connectivity index (χ3n) is 22.9. The number of nitrogens with zero attached hydrogens (tertiary/aromatic N) is 4. The lowest BCUT2D eigenvalue weighted by molar-refractivity contribution is -0.161. The lowest BCUT2D eigenvalue weighted by atomic mass is 9.79. The van der Waals surface area contributed by atoms with Gasteiger partial charge < -0.3 is 79.8 Å². The molecule has 0 aliphatic carbocycles. The summed E-state index contributed by atoms with van der Waals surface area (Å²) in [7, 11) is 2.60. The van der Waals surface area contributed by atoms with Crippen molar-refractivity contribution in [2.75, 3.05) is 109 Å². The Morgan fingerprint density at radius 1 is 0.383 bits per heavy atom. The van der Waals surface area contributed by atoms with Crippen LogP contribution in [0.1, 0.15) is 282 Å². The van der Waals surface area contributed by atoms with Gasteiger partial charge >= 0.3 is 23.9 Å². The zero-order valence-electron chi connectivity index (χ0n) is 110. The third kappa shape index (κ3) is 23.8.